The fourth-order valence-electron chi connectivity index (χ4n) is 3.39. The zero-order valence-electron chi connectivity index (χ0n) is 21.0. The lowest BCUT2D eigenvalue weighted by molar-refractivity contribution is -0.130. The maximum atomic E-state index is 12.4. The minimum atomic E-state index is -0.852. The number of amides is 4. The molecule has 1 aromatic carbocycles. The van der Waals surface area contributed by atoms with Crippen molar-refractivity contribution in [2.24, 2.45) is 0 Å². The molecule has 1 aromatic rings. The molecule has 1 aliphatic rings. The van der Waals surface area contributed by atoms with Crippen LogP contribution in [0.1, 0.15) is 46.1 Å². The fraction of sp³-hybridized carbons (Fsp3) is 0.542. The van der Waals surface area contributed by atoms with E-state index in [1.807, 2.05) is 0 Å². The molecule has 1 fully saturated rings. The van der Waals surface area contributed by atoms with Gasteiger partial charge in [0, 0.05) is 12.2 Å². The highest BCUT2D eigenvalue weighted by Gasteiger charge is 2.30. The Morgan fingerprint density at radius 1 is 1.17 bits per heavy atom. The molecule has 0 saturated carbocycles. The molecule has 0 spiro atoms. The van der Waals surface area contributed by atoms with Crippen molar-refractivity contribution < 1.29 is 38.2 Å². The van der Waals surface area contributed by atoms with Gasteiger partial charge in [-0.1, -0.05) is 12.1 Å². The van der Waals surface area contributed by atoms with Crippen molar-refractivity contribution in [1.29, 1.82) is 0 Å². The van der Waals surface area contributed by atoms with Gasteiger partial charge in [0.05, 0.1) is 6.04 Å². The van der Waals surface area contributed by atoms with Gasteiger partial charge >= 0.3 is 12.2 Å². The topological polar surface area (TPSA) is 152 Å². The highest BCUT2D eigenvalue weighted by atomic mass is 16.6. The van der Waals surface area contributed by atoms with Crippen LogP contribution in [-0.2, 0) is 35.2 Å². The van der Waals surface area contributed by atoms with Crippen LogP contribution in [0.15, 0.2) is 24.3 Å². The molecule has 0 radical (unpaired) electrons. The number of nitrogens with one attached hydrogen (secondary N) is 3. The third-order valence-corrected chi connectivity index (χ3v) is 5.12. The molecule has 198 valence electrons. The number of hydrogen-bond donors (Lipinski definition) is 3. The molecule has 0 bridgehead atoms. The average molecular weight is 507 g/mol. The van der Waals surface area contributed by atoms with Gasteiger partial charge in [-0.15, -0.1) is 0 Å². The van der Waals surface area contributed by atoms with Gasteiger partial charge in [-0.05, 0) is 58.2 Å². The van der Waals surface area contributed by atoms with Crippen LogP contribution in [0.25, 0.3) is 0 Å². The van der Waals surface area contributed by atoms with Crippen LogP contribution in [-0.4, -0.2) is 72.8 Å². The van der Waals surface area contributed by atoms with Crippen molar-refractivity contribution in [3.8, 4) is 0 Å². The summed E-state index contributed by atoms with van der Waals surface area (Å²) < 4.78 is 15.2. The molecule has 12 nitrogen and oxygen atoms in total. The number of carbonyl (C=O) groups is 5. The maximum absolute atomic E-state index is 12.4. The van der Waals surface area contributed by atoms with Crippen LogP contribution in [0.2, 0.25) is 0 Å². The van der Waals surface area contributed by atoms with Gasteiger partial charge in [-0.3, -0.25) is 14.4 Å². The van der Waals surface area contributed by atoms with Crippen molar-refractivity contribution in [3.05, 3.63) is 29.8 Å². The van der Waals surface area contributed by atoms with Crippen molar-refractivity contribution in [2.45, 2.75) is 64.8 Å². The number of alkyl carbamates (subject to hydrolysis) is 1. The SMILES string of the molecule is CC(NC(=O)CNC(=O)OC(C)(C)C)C(=O)Nc1ccc(COC(=O)N2CCCC2COC=O)cc1. The van der Waals surface area contributed by atoms with Gasteiger partial charge in [0.1, 0.15) is 31.4 Å². The Kier molecular flexibility index (Phi) is 10.5. The van der Waals surface area contributed by atoms with E-state index in [1.165, 1.54) is 6.92 Å². The number of nitrogens with zero attached hydrogens (tertiary/aromatic N) is 1. The first-order valence-corrected chi connectivity index (χ1v) is 11.6. The Hall–Kier alpha value is -3.83. The van der Waals surface area contributed by atoms with E-state index in [0.717, 1.165) is 18.4 Å². The highest BCUT2D eigenvalue weighted by molar-refractivity contribution is 5.97. The molecule has 2 atom stereocenters. The molecule has 1 aliphatic heterocycles. The molecule has 1 heterocycles. The number of rotatable bonds is 10. The van der Waals surface area contributed by atoms with E-state index in [0.29, 0.717) is 18.7 Å². The lowest BCUT2D eigenvalue weighted by Crippen LogP contribution is -2.46. The van der Waals surface area contributed by atoms with E-state index in [1.54, 1.807) is 49.9 Å². The Bertz CT molecular complexity index is 929. The zero-order valence-corrected chi connectivity index (χ0v) is 21.0. The second kappa shape index (κ2) is 13.3. The van der Waals surface area contributed by atoms with Crippen molar-refractivity contribution in [3.63, 3.8) is 0 Å². The minimum absolute atomic E-state index is 0.0436. The minimum Gasteiger partial charge on any atom is -0.466 e. The van der Waals surface area contributed by atoms with Gasteiger partial charge in [0.15, 0.2) is 0 Å². The maximum Gasteiger partial charge on any atom is 0.410 e. The Morgan fingerprint density at radius 2 is 1.86 bits per heavy atom. The molecule has 12 heteroatoms. The molecule has 36 heavy (non-hydrogen) atoms. The Morgan fingerprint density at radius 3 is 2.50 bits per heavy atom. The zero-order chi connectivity index (χ0) is 26.7. The predicted octanol–water partition coefficient (Wildman–Crippen LogP) is 1.93. The summed E-state index contributed by atoms with van der Waals surface area (Å²) in [4.78, 5) is 60.3. The number of anilines is 1. The van der Waals surface area contributed by atoms with Crippen molar-refractivity contribution in [2.75, 3.05) is 25.0 Å². The molecular formula is C24H34N4O8. The second-order valence-electron chi connectivity index (χ2n) is 9.30. The summed E-state index contributed by atoms with van der Waals surface area (Å²) in [7, 11) is 0. The smallest absolute Gasteiger partial charge is 0.410 e. The first kappa shape index (κ1) is 28.4. The first-order chi connectivity index (χ1) is 17.0. The second-order valence-corrected chi connectivity index (χ2v) is 9.30. The average Bonchev–Trinajstić information content (AvgIpc) is 3.28. The summed E-state index contributed by atoms with van der Waals surface area (Å²) in [5.74, 6) is -0.990. The van der Waals surface area contributed by atoms with Crippen LogP contribution >= 0.6 is 0 Å². The van der Waals surface area contributed by atoms with E-state index in [4.69, 9.17) is 14.2 Å². The predicted molar refractivity (Wildman–Crippen MR) is 129 cm³/mol. The molecule has 2 unspecified atom stereocenters. The van der Waals surface area contributed by atoms with E-state index in [2.05, 4.69) is 16.0 Å². The molecule has 1 saturated heterocycles. The van der Waals surface area contributed by atoms with Crippen LogP contribution in [0.3, 0.4) is 0 Å². The number of benzene rings is 1. The monoisotopic (exact) mass is 506 g/mol. The summed E-state index contributed by atoms with van der Waals surface area (Å²) in [6.07, 6.45) is 0.356. The normalized spacial score (nSPS) is 15.9. The van der Waals surface area contributed by atoms with E-state index in [-0.39, 0.29) is 25.8 Å². The van der Waals surface area contributed by atoms with E-state index < -0.39 is 35.6 Å². The van der Waals surface area contributed by atoms with Crippen molar-refractivity contribution >= 4 is 36.2 Å². The summed E-state index contributed by atoms with van der Waals surface area (Å²) >= 11 is 0. The molecule has 4 amide bonds. The van der Waals surface area contributed by atoms with Gasteiger partial charge in [-0.25, -0.2) is 9.59 Å². The van der Waals surface area contributed by atoms with E-state index in [9.17, 15) is 24.0 Å². The Labute approximate surface area is 210 Å². The third kappa shape index (κ3) is 9.80. The lowest BCUT2D eigenvalue weighted by atomic mass is 10.2. The number of carbonyl (C=O) groups excluding carboxylic acids is 5. The van der Waals surface area contributed by atoms with Gasteiger partial charge < -0.3 is 35.1 Å². The van der Waals surface area contributed by atoms with Gasteiger partial charge in [-0.2, -0.15) is 0 Å². The molecule has 2 rings (SSSR count). The number of ether oxygens (including phenoxy) is 3. The van der Waals surface area contributed by atoms with Crippen LogP contribution < -0.4 is 16.0 Å². The number of likely N-dealkylation sites (tertiary alicyclic amines) is 1. The fourth-order valence-corrected chi connectivity index (χ4v) is 3.39. The standard InChI is InChI=1S/C24H34N4O8/c1-16(26-20(30)12-25-22(32)36-24(2,3)4)21(31)27-18-9-7-17(8-10-18)13-35-23(33)28-11-5-6-19(28)14-34-15-29/h7-10,15-16,19H,5-6,11-14H2,1-4H3,(H,25,32)(H,26,30)(H,27,31). The Balaban J connectivity index is 1.75. The van der Waals surface area contributed by atoms with Crippen LogP contribution in [0.5, 0.6) is 0 Å². The van der Waals surface area contributed by atoms with E-state index >= 15 is 0 Å². The molecule has 3 N–H and O–H groups in total. The largest absolute Gasteiger partial charge is 0.466 e. The summed E-state index contributed by atoms with van der Waals surface area (Å²) in [6, 6.07) is 5.67. The quantitative estimate of drug-likeness (QED) is 0.321. The molecule has 0 aromatic heterocycles. The summed E-state index contributed by atoms with van der Waals surface area (Å²) in [5.41, 5.74) is 0.527. The highest BCUT2D eigenvalue weighted by Crippen LogP contribution is 2.19. The van der Waals surface area contributed by atoms with Gasteiger partial charge in [0.25, 0.3) is 6.47 Å². The molecular weight excluding hydrogens is 472 g/mol. The third-order valence-electron chi connectivity index (χ3n) is 5.12. The van der Waals surface area contributed by atoms with Crippen molar-refractivity contribution in [1.82, 2.24) is 15.5 Å². The van der Waals surface area contributed by atoms with Gasteiger partial charge in [0.2, 0.25) is 11.8 Å². The summed E-state index contributed by atoms with van der Waals surface area (Å²) in [5, 5.41) is 7.50. The number of hydrogen-bond acceptors (Lipinski definition) is 8. The lowest BCUT2D eigenvalue weighted by Gasteiger charge is -2.23. The first-order valence-electron chi connectivity index (χ1n) is 11.6. The van der Waals surface area contributed by atoms with Crippen LogP contribution in [0.4, 0.5) is 15.3 Å². The molecule has 0 aliphatic carbocycles. The summed E-state index contributed by atoms with van der Waals surface area (Å²) in [6.45, 7) is 7.39. The van der Waals surface area contributed by atoms with Crippen LogP contribution in [0, 0.1) is 0 Å².